The lowest BCUT2D eigenvalue weighted by Crippen LogP contribution is -2.15. The van der Waals surface area contributed by atoms with Crippen LogP contribution in [0.3, 0.4) is 0 Å². The van der Waals surface area contributed by atoms with E-state index in [1.54, 1.807) is 0 Å². The Hall–Kier alpha value is -0.0800. The third-order valence-corrected chi connectivity index (χ3v) is 2.02. The third-order valence-electron chi connectivity index (χ3n) is 2.02. The summed E-state index contributed by atoms with van der Waals surface area (Å²) in [5.74, 6) is 0.777. The van der Waals surface area contributed by atoms with Gasteiger partial charge in [-0.05, 0) is 32.2 Å². The van der Waals surface area contributed by atoms with Gasteiger partial charge >= 0.3 is 0 Å². The van der Waals surface area contributed by atoms with Gasteiger partial charge in [0.2, 0.25) is 0 Å². The Labute approximate surface area is 70.3 Å². The molecule has 0 aliphatic heterocycles. The maximum Gasteiger partial charge on any atom is 0.00104 e. The fourth-order valence-electron chi connectivity index (χ4n) is 1.22. The summed E-state index contributed by atoms with van der Waals surface area (Å²) >= 11 is 0. The van der Waals surface area contributed by atoms with Crippen molar-refractivity contribution in [3.05, 3.63) is 0 Å². The van der Waals surface area contributed by atoms with Crippen molar-refractivity contribution in [2.24, 2.45) is 17.4 Å². The van der Waals surface area contributed by atoms with Crippen LogP contribution >= 0.6 is 0 Å². The quantitative estimate of drug-likeness (QED) is 0.615. The second-order valence-corrected chi connectivity index (χ2v) is 3.59. The first kappa shape index (κ1) is 10.9. The molecule has 0 amide bonds. The summed E-state index contributed by atoms with van der Waals surface area (Å²) in [5.41, 5.74) is 11.1. The van der Waals surface area contributed by atoms with Crippen molar-refractivity contribution in [2.45, 2.75) is 45.6 Å². The number of hydrogen-bond donors (Lipinski definition) is 2. The van der Waals surface area contributed by atoms with Crippen LogP contribution in [-0.4, -0.2) is 12.6 Å². The second-order valence-electron chi connectivity index (χ2n) is 3.59. The van der Waals surface area contributed by atoms with Gasteiger partial charge in [-0.1, -0.05) is 19.8 Å². The van der Waals surface area contributed by atoms with Gasteiger partial charge in [-0.15, -0.1) is 0 Å². The fraction of sp³-hybridized carbons (Fsp3) is 1.00. The molecule has 0 aromatic heterocycles. The van der Waals surface area contributed by atoms with E-state index in [-0.39, 0.29) is 0 Å². The largest absolute Gasteiger partial charge is 0.330 e. The molecule has 0 aliphatic carbocycles. The number of hydrogen-bond acceptors (Lipinski definition) is 2. The molecular weight excluding hydrogens is 136 g/mol. The van der Waals surface area contributed by atoms with Crippen molar-refractivity contribution in [2.75, 3.05) is 6.54 Å². The zero-order valence-corrected chi connectivity index (χ0v) is 7.84. The van der Waals surface area contributed by atoms with E-state index in [2.05, 4.69) is 13.8 Å². The first-order valence-corrected chi connectivity index (χ1v) is 4.62. The highest BCUT2D eigenvalue weighted by molar-refractivity contribution is 4.57. The Balaban J connectivity index is 3.10. The molecule has 2 heteroatoms. The molecule has 68 valence electrons. The molecule has 0 rings (SSSR count). The Kier molecular flexibility index (Phi) is 6.57. The average Bonchev–Trinajstić information content (AvgIpc) is 1.87. The van der Waals surface area contributed by atoms with E-state index in [1.807, 2.05) is 0 Å². The molecule has 0 heterocycles. The van der Waals surface area contributed by atoms with Crippen LogP contribution in [0.2, 0.25) is 0 Å². The standard InChI is InChI=1S/C9H22N2/c1-8(6-7-10)4-3-5-9(2)11/h8-9H,3-7,10-11H2,1-2H3. The van der Waals surface area contributed by atoms with Gasteiger partial charge in [0, 0.05) is 6.04 Å². The predicted octanol–water partition coefficient (Wildman–Crippen LogP) is 1.49. The lowest BCUT2D eigenvalue weighted by molar-refractivity contribution is 0.458. The highest BCUT2D eigenvalue weighted by Crippen LogP contribution is 2.11. The predicted molar refractivity (Wildman–Crippen MR) is 50.3 cm³/mol. The van der Waals surface area contributed by atoms with Crippen LogP contribution in [-0.2, 0) is 0 Å². The fourth-order valence-corrected chi connectivity index (χ4v) is 1.22. The van der Waals surface area contributed by atoms with Crippen LogP contribution in [0.5, 0.6) is 0 Å². The SMILES string of the molecule is CC(N)CCCC(C)CCN. The van der Waals surface area contributed by atoms with E-state index in [0.717, 1.165) is 25.3 Å². The summed E-state index contributed by atoms with van der Waals surface area (Å²) in [6.45, 7) is 5.14. The Bertz CT molecular complexity index is 81.6. The number of rotatable bonds is 6. The van der Waals surface area contributed by atoms with Crippen molar-refractivity contribution in [1.82, 2.24) is 0 Å². The molecule has 0 saturated heterocycles. The summed E-state index contributed by atoms with van der Waals surface area (Å²) in [5, 5.41) is 0. The Morgan fingerprint density at radius 3 is 2.18 bits per heavy atom. The van der Waals surface area contributed by atoms with Crippen molar-refractivity contribution >= 4 is 0 Å². The zero-order valence-electron chi connectivity index (χ0n) is 7.84. The average molecular weight is 158 g/mol. The minimum atomic E-state index is 0.361. The van der Waals surface area contributed by atoms with Crippen LogP contribution in [0.15, 0.2) is 0 Å². The van der Waals surface area contributed by atoms with Crippen LogP contribution in [0.1, 0.15) is 39.5 Å². The van der Waals surface area contributed by atoms with Crippen LogP contribution in [0.25, 0.3) is 0 Å². The molecule has 0 radical (unpaired) electrons. The lowest BCUT2D eigenvalue weighted by atomic mass is 9.99. The van der Waals surface area contributed by atoms with E-state index in [9.17, 15) is 0 Å². The normalized spacial score (nSPS) is 16.4. The van der Waals surface area contributed by atoms with Crippen LogP contribution < -0.4 is 11.5 Å². The third kappa shape index (κ3) is 7.82. The van der Waals surface area contributed by atoms with Gasteiger partial charge in [-0.25, -0.2) is 0 Å². The molecule has 0 aliphatic rings. The van der Waals surface area contributed by atoms with Crippen LogP contribution in [0, 0.1) is 5.92 Å². The van der Waals surface area contributed by atoms with Crippen molar-refractivity contribution in [3.8, 4) is 0 Å². The van der Waals surface area contributed by atoms with Crippen molar-refractivity contribution < 1.29 is 0 Å². The molecule has 0 fully saturated rings. The van der Waals surface area contributed by atoms with Crippen molar-refractivity contribution in [1.29, 1.82) is 0 Å². The Morgan fingerprint density at radius 1 is 1.09 bits per heavy atom. The first-order valence-electron chi connectivity index (χ1n) is 4.62. The van der Waals surface area contributed by atoms with Gasteiger partial charge in [-0.2, -0.15) is 0 Å². The summed E-state index contributed by atoms with van der Waals surface area (Å²) in [6, 6.07) is 0.361. The molecule has 2 unspecified atom stereocenters. The highest BCUT2D eigenvalue weighted by atomic mass is 14.6. The van der Waals surface area contributed by atoms with E-state index in [0.29, 0.717) is 6.04 Å². The molecule has 11 heavy (non-hydrogen) atoms. The smallest absolute Gasteiger partial charge is 0.00104 e. The molecule has 2 nitrogen and oxygen atoms in total. The van der Waals surface area contributed by atoms with Gasteiger partial charge in [0.1, 0.15) is 0 Å². The lowest BCUT2D eigenvalue weighted by Gasteiger charge is -2.10. The second kappa shape index (κ2) is 6.62. The zero-order chi connectivity index (χ0) is 8.69. The maximum absolute atomic E-state index is 5.63. The van der Waals surface area contributed by atoms with E-state index in [1.165, 1.54) is 12.8 Å². The molecule has 4 N–H and O–H groups in total. The molecule has 2 atom stereocenters. The topological polar surface area (TPSA) is 52.0 Å². The maximum atomic E-state index is 5.63. The minimum absolute atomic E-state index is 0.361. The summed E-state index contributed by atoms with van der Waals surface area (Å²) in [6.07, 6.45) is 4.82. The van der Waals surface area contributed by atoms with E-state index >= 15 is 0 Å². The van der Waals surface area contributed by atoms with Gasteiger partial charge in [-0.3, -0.25) is 0 Å². The molecule has 0 saturated carbocycles. The monoisotopic (exact) mass is 158 g/mol. The van der Waals surface area contributed by atoms with Gasteiger partial charge in [0.05, 0.1) is 0 Å². The van der Waals surface area contributed by atoms with Gasteiger partial charge < -0.3 is 11.5 Å². The summed E-state index contributed by atoms with van der Waals surface area (Å²) < 4.78 is 0. The Morgan fingerprint density at radius 2 is 1.73 bits per heavy atom. The minimum Gasteiger partial charge on any atom is -0.330 e. The molecular formula is C9H22N2. The number of nitrogens with two attached hydrogens (primary N) is 2. The summed E-state index contributed by atoms with van der Waals surface area (Å²) in [7, 11) is 0. The molecule has 0 spiro atoms. The first-order chi connectivity index (χ1) is 5.16. The summed E-state index contributed by atoms with van der Waals surface area (Å²) in [4.78, 5) is 0. The molecule has 0 aromatic rings. The van der Waals surface area contributed by atoms with Gasteiger partial charge in [0.25, 0.3) is 0 Å². The van der Waals surface area contributed by atoms with E-state index < -0.39 is 0 Å². The van der Waals surface area contributed by atoms with Gasteiger partial charge in [0.15, 0.2) is 0 Å². The highest BCUT2D eigenvalue weighted by Gasteiger charge is 2.01. The molecule has 0 bridgehead atoms. The van der Waals surface area contributed by atoms with Crippen LogP contribution in [0.4, 0.5) is 0 Å². The van der Waals surface area contributed by atoms with Crippen molar-refractivity contribution in [3.63, 3.8) is 0 Å². The van der Waals surface area contributed by atoms with E-state index in [4.69, 9.17) is 11.5 Å². The molecule has 0 aromatic carbocycles.